The Balaban J connectivity index is 1.40. The van der Waals surface area contributed by atoms with Gasteiger partial charge in [0.05, 0.1) is 5.69 Å². The van der Waals surface area contributed by atoms with E-state index in [1.165, 1.54) is 0 Å². The summed E-state index contributed by atoms with van der Waals surface area (Å²) in [5.74, 6) is 0.432. The summed E-state index contributed by atoms with van der Waals surface area (Å²) in [4.78, 5) is 21.2. The Kier molecular flexibility index (Phi) is 4.72. The van der Waals surface area contributed by atoms with Crippen LogP contribution in [0.3, 0.4) is 0 Å². The fraction of sp³-hybridized carbons (Fsp3) is 0.120. The molecule has 2 N–H and O–H groups in total. The molecule has 34 heavy (non-hydrogen) atoms. The van der Waals surface area contributed by atoms with E-state index in [4.69, 9.17) is 4.74 Å². The number of nitrogens with one attached hydrogen (secondary N) is 1. The fourth-order valence-corrected chi connectivity index (χ4v) is 4.07. The molecule has 2 aromatic carbocycles. The van der Waals surface area contributed by atoms with Gasteiger partial charge in [0, 0.05) is 23.1 Å². The van der Waals surface area contributed by atoms with Crippen molar-refractivity contribution < 1.29 is 14.6 Å². The van der Waals surface area contributed by atoms with Gasteiger partial charge in [-0.25, -0.2) is 14.8 Å². The molecule has 3 aromatic heterocycles. The number of hydrogen-bond donors (Lipinski definition) is 2. The number of carbonyl (C=O) groups is 1. The molecule has 9 nitrogen and oxygen atoms in total. The number of fused-ring (bicyclic) bond motifs is 1. The van der Waals surface area contributed by atoms with Crippen molar-refractivity contribution in [3.8, 4) is 34.0 Å². The summed E-state index contributed by atoms with van der Waals surface area (Å²) in [7, 11) is 0. The van der Waals surface area contributed by atoms with Gasteiger partial charge in [0.2, 0.25) is 5.82 Å². The molecule has 1 aliphatic rings. The number of benzene rings is 2. The van der Waals surface area contributed by atoms with Crippen LogP contribution in [-0.4, -0.2) is 41.7 Å². The van der Waals surface area contributed by atoms with Gasteiger partial charge in [0.25, 0.3) is 0 Å². The maximum atomic E-state index is 12.3. The minimum Gasteiger partial charge on any atom is -0.478 e. The van der Waals surface area contributed by atoms with Gasteiger partial charge < -0.3 is 9.84 Å². The zero-order valence-corrected chi connectivity index (χ0v) is 17.8. The number of pyridine rings is 2. The predicted octanol–water partition coefficient (Wildman–Crippen LogP) is 4.84. The van der Waals surface area contributed by atoms with Crippen LogP contribution in [-0.2, 0) is 0 Å². The van der Waals surface area contributed by atoms with E-state index in [0.29, 0.717) is 28.3 Å². The number of hydrogen-bond acceptors (Lipinski definition) is 7. The van der Waals surface area contributed by atoms with E-state index in [0.717, 1.165) is 29.5 Å². The molecular formula is C25H18N6O3. The number of carboxylic acids is 1. The van der Waals surface area contributed by atoms with E-state index in [-0.39, 0.29) is 17.2 Å². The quantitative estimate of drug-likeness (QED) is 0.376. The Morgan fingerprint density at radius 1 is 1.00 bits per heavy atom. The van der Waals surface area contributed by atoms with Crippen LogP contribution < -0.4 is 4.74 Å². The molecule has 0 saturated heterocycles. The summed E-state index contributed by atoms with van der Waals surface area (Å²) in [5.41, 5.74) is 3.89. The Hall–Kier alpha value is -4.66. The fourth-order valence-electron chi connectivity index (χ4n) is 4.07. The maximum absolute atomic E-state index is 12.3. The van der Waals surface area contributed by atoms with Crippen LogP contribution in [0.5, 0.6) is 11.5 Å². The van der Waals surface area contributed by atoms with Crippen LogP contribution >= 0.6 is 0 Å². The highest BCUT2D eigenvalue weighted by molar-refractivity contribution is 6.04. The molecule has 6 rings (SSSR count). The summed E-state index contributed by atoms with van der Waals surface area (Å²) in [6.07, 6.45) is 3.52. The molecule has 1 aliphatic carbocycles. The lowest BCUT2D eigenvalue weighted by molar-refractivity contribution is 0.0696. The van der Waals surface area contributed by atoms with Crippen molar-refractivity contribution in [2.75, 3.05) is 0 Å². The van der Waals surface area contributed by atoms with Crippen molar-refractivity contribution in [3.63, 3.8) is 0 Å². The van der Waals surface area contributed by atoms with Gasteiger partial charge in [-0.2, -0.15) is 5.21 Å². The number of nitrogens with zero attached hydrogens (tertiary/aromatic N) is 5. The van der Waals surface area contributed by atoms with Crippen LogP contribution in [0.25, 0.3) is 33.5 Å². The largest absolute Gasteiger partial charge is 0.478 e. The van der Waals surface area contributed by atoms with E-state index in [9.17, 15) is 9.90 Å². The zero-order valence-electron chi connectivity index (χ0n) is 17.8. The van der Waals surface area contributed by atoms with Crippen molar-refractivity contribution in [2.24, 2.45) is 0 Å². The van der Waals surface area contributed by atoms with Crippen LogP contribution in [0.1, 0.15) is 34.8 Å². The van der Waals surface area contributed by atoms with Gasteiger partial charge in [0.15, 0.2) is 11.4 Å². The maximum Gasteiger partial charge on any atom is 0.340 e. The minimum absolute atomic E-state index is 0.0894. The molecule has 0 bridgehead atoms. The summed E-state index contributed by atoms with van der Waals surface area (Å²) in [6.45, 7) is 0. The van der Waals surface area contributed by atoms with Gasteiger partial charge >= 0.3 is 5.97 Å². The average Bonchev–Trinajstić information content (AvgIpc) is 3.57. The van der Waals surface area contributed by atoms with Crippen molar-refractivity contribution in [1.82, 2.24) is 30.6 Å². The molecule has 9 heteroatoms. The Labute approximate surface area is 193 Å². The highest BCUT2D eigenvalue weighted by Crippen LogP contribution is 2.47. The van der Waals surface area contributed by atoms with Crippen LogP contribution in [0.15, 0.2) is 66.9 Å². The summed E-state index contributed by atoms with van der Waals surface area (Å²) in [5, 5.41) is 24.8. The van der Waals surface area contributed by atoms with Crippen LogP contribution in [0, 0.1) is 0 Å². The normalized spacial score (nSPS) is 13.2. The number of ether oxygens (including phenoxy) is 1. The van der Waals surface area contributed by atoms with E-state index >= 15 is 0 Å². The molecule has 1 saturated carbocycles. The monoisotopic (exact) mass is 450 g/mol. The van der Waals surface area contributed by atoms with Crippen molar-refractivity contribution in [3.05, 3.63) is 78.1 Å². The number of tetrazole rings is 1. The lowest BCUT2D eigenvalue weighted by atomic mass is 9.99. The lowest BCUT2D eigenvalue weighted by Crippen LogP contribution is -2.07. The zero-order chi connectivity index (χ0) is 23.1. The number of aromatic carboxylic acids is 1. The van der Waals surface area contributed by atoms with Gasteiger partial charge in [-0.05, 0) is 53.4 Å². The van der Waals surface area contributed by atoms with Gasteiger partial charge in [-0.3, -0.25) is 0 Å². The third-order valence-electron chi connectivity index (χ3n) is 5.82. The molecule has 0 radical (unpaired) electrons. The van der Waals surface area contributed by atoms with Crippen LogP contribution in [0.4, 0.5) is 0 Å². The lowest BCUT2D eigenvalue weighted by Gasteiger charge is -2.15. The topological polar surface area (TPSA) is 127 Å². The number of aromatic nitrogens is 6. The van der Waals surface area contributed by atoms with Crippen molar-refractivity contribution in [2.45, 2.75) is 18.8 Å². The van der Waals surface area contributed by atoms with Gasteiger partial charge in [-0.1, -0.05) is 36.4 Å². The Morgan fingerprint density at radius 2 is 1.79 bits per heavy atom. The Morgan fingerprint density at radius 3 is 2.50 bits per heavy atom. The summed E-state index contributed by atoms with van der Waals surface area (Å²) < 4.78 is 6.19. The molecule has 166 valence electrons. The molecule has 0 unspecified atom stereocenters. The molecule has 0 aliphatic heterocycles. The summed E-state index contributed by atoms with van der Waals surface area (Å²) in [6, 6.07) is 18.7. The van der Waals surface area contributed by atoms with E-state index in [1.807, 2.05) is 48.5 Å². The van der Waals surface area contributed by atoms with Crippen LogP contribution in [0.2, 0.25) is 0 Å². The first kappa shape index (κ1) is 20.0. The first-order valence-corrected chi connectivity index (χ1v) is 10.8. The highest BCUT2D eigenvalue weighted by atomic mass is 16.5. The molecule has 0 spiro atoms. The molecule has 1 fully saturated rings. The Bertz CT molecular complexity index is 1510. The number of rotatable bonds is 6. The smallest absolute Gasteiger partial charge is 0.340 e. The number of aromatic amines is 1. The first-order valence-electron chi connectivity index (χ1n) is 10.8. The average molecular weight is 450 g/mol. The third-order valence-corrected chi connectivity index (χ3v) is 5.82. The van der Waals surface area contributed by atoms with E-state index in [2.05, 4.69) is 30.6 Å². The highest BCUT2D eigenvalue weighted by Gasteiger charge is 2.33. The summed E-state index contributed by atoms with van der Waals surface area (Å²) >= 11 is 0. The first-order chi connectivity index (χ1) is 16.7. The number of carboxylic acid groups (broad SMARTS) is 1. The molecule has 0 amide bonds. The molecular weight excluding hydrogens is 432 g/mol. The minimum atomic E-state index is -1.07. The molecule has 5 aromatic rings. The molecule has 3 heterocycles. The standard InChI is InChI=1S/C25H18N6O3/c32-25(33)20-19-6-3-13-26-23(19)27-21(15-7-8-15)22(20)34-16-11-9-14(10-12-16)17-4-1-2-5-18(17)24-28-30-31-29-24/h1-6,9-13,15H,7-8H2,(H,32,33)(H,28,29,30,31). The molecule has 0 atom stereocenters. The third kappa shape index (κ3) is 3.53. The van der Waals surface area contributed by atoms with E-state index in [1.54, 1.807) is 18.3 Å². The second kappa shape index (κ2) is 8.04. The second-order valence-electron chi connectivity index (χ2n) is 8.06. The van der Waals surface area contributed by atoms with Gasteiger partial charge in [0.1, 0.15) is 11.3 Å². The van der Waals surface area contributed by atoms with Gasteiger partial charge in [-0.15, -0.1) is 10.2 Å². The number of H-pyrrole nitrogens is 1. The SMILES string of the molecule is O=C(O)c1c(Oc2ccc(-c3ccccc3-c3nn[nH]n3)cc2)c(C2CC2)nc2ncccc12. The predicted molar refractivity (Wildman–Crippen MR) is 124 cm³/mol. The van der Waals surface area contributed by atoms with Crippen molar-refractivity contribution >= 4 is 17.0 Å². The second-order valence-corrected chi connectivity index (χ2v) is 8.06. The van der Waals surface area contributed by atoms with E-state index < -0.39 is 5.97 Å². The van der Waals surface area contributed by atoms with Crippen molar-refractivity contribution in [1.29, 1.82) is 0 Å².